The number of nitrogens with zero attached hydrogens (tertiary/aromatic N) is 1. The third-order valence-corrected chi connectivity index (χ3v) is 3.30. The molecule has 0 spiro atoms. The first-order chi connectivity index (χ1) is 8.47. The summed E-state index contributed by atoms with van der Waals surface area (Å²) in [6, 6.07) is 0.192. The van der Waals surface area contributed by atoms with Gasteiger partial charge in [-0.3, -0.25) is 9.59 Å². The summed E-state index contributed by atoms with van der Waals surface area (Å²) in [5, 5.41) is 2.92. The molecule has 0 aromatic carbocycles. The maximum Gasteiger partial charge on any atom is 0.240 e. The number of hydrogen-bond donors (Lipinski definition) is 2. The Kier molecular flexibility index (Phi) is 5.40. The van der Waals surface area contributed by atoms with Gasteiger partial charge in [0.1, 0.15) is 6.54 Å². The average Bonchev–Trinajstić information content (AvgIpc) is 2.32. The number of nitrogens with two attached hydrogens (primary N) is 1. The molecule has 1 aromatic heterocycles. The third-order valence-electron chi connectivity index (χ3n) is 2.74. The third kappa shape index (κ3) is 3.87. The van der Waals surface area contributed by atoms with Gasteiger partial charge in [0.2, 0.25) is 11.3 Å². The maximum absolute atomic E-state index is 11.8. The summed E-state index contributed by atoms with van der Waals surface area (Å²) in [5.74, 6) is -0.0846. The number of nitrogens with one attached hydrogen (secondary N) is 1. The van der Waals surface area contributed by atoms with Crippen molar-refractivity contribution in [1.82, 2.24) is 9.88 Å². The highest BCUT2D eigenvalue weighted by atomic mass is 79.9. The Bertz CT molecular complexity index is 454. The molecule has 0 saturated carbocycles. The molecule has 0 atom stereocenters. The van der Waals surface area contributed by atoms with E-state index < -0.39 is 0 Å². The van der Waals surface area contributed by atoms with E-state index in [-0.39, 0.29) is 29.6 Å². The van der Waals surface area contributed by atoms with Gasteiger partial charge in [-0.25, -0.2) is 0 Å². The molecule has 1 amide bonds. The molecule has 18 heavy (non-hydrogen) atoms. The highest BCUT2D eigenvalue weighted by Gasteiger charge is 2.09. The van der Waals surface area contributed by atoms with Crippen LogP contribution < -0.4 is 16.5 Å². The van der Waals surface area contributed by atoms with E-state index in [0.29, 0.717) is 4.47 Å². The van der Waals surface area contributed by atoms with E-state index in [1.54, 1.807) is 10.8 Å². The number of amides is 1. The smallest absolute Gasteiger partial charge is 0.240 e. The Morgan fingerprint density at radius 1 is 1.44 bits per heavy atom. The first-order valence-electron chi connectivity index (χ1n) is 5.92. The van der Waals surface area contributed by atoms with Crippen LogP contribution in [0.1, 0.15) is 26.7 Å². The number of pyridine rings is 1. The van der Waals surface area contributed by atoms with E-state index in [1.807, 2.05) is 13.8 Å². The Balaban J connectivity index is 2.73. The second-order valence-corrected chi connectivity index (χ2v) is 5.00. The van der Waals surface area contributed by atoms with Gasteiger partial charge in [-0.05, 0) is 28.8 Å². The summed E-state index contributed by atoms with van der Waals surface area (Å²) < 4.78 is 1.95. The fourth-order valence-corrected chi connectivity index (χ4v) is 2.13. The van der Waals surface area contributed by atoms with Gasteiger partial charge < -0.3 is 15.6 Å². The van der Waals surface area contributed by atoms with Crippen LogP contribution in [-0.2, 0) is 11.3 Å². The molecule has 5 nitrogen and oxygen atoms in total. The topological polar surface area (TPSA) is 77.1 Å². The number of nitrogen functional groups attached to an aromatic ring is 1. The molecule has 0 fully saturated rings. The molecule has 0 bridgehead atoms. The molecule has 1 rings (SSSR count). The van der Waals surface area contributed by atoms with Gasteiger partial charge in [0.15, 0.2) is 0 Å². The lowest BCUT2D eigenvalue weighted by Gasteiger charge is -2.15. The zero-order chi connectivity index (χ0) is 13.7. The Morgan fingerprint density at radius 3 is 2.56 bits per heavy atom. The van der Waals surface area contributed by atoms with Gasteiger partial charge in [0.05, 0.1) is 10.2 Å². The SMILES string of the molecule is CCC(CC)NC(=O)Cn1cc(N)c(=O)c(Br)c1. The highest BCUT2D eigenvalue weighted by molar-refractivity contribution is 9.10. The minimum Gasteiger partial charge on any atom is -0.394 e. The molecular weight excluding hydrogens is 298 g/mol. The van der Waals surface area contributed by atoms with Crippen LogP contribution in [0.4, 0.5) is 5.69 Å². The number of hydrogen-bond acceptors (Lipinski definition) is 3. The molecule has 0 aliphatic carbocycles. The summed E-state index contributed by atoms with van der Waals surface area (Å²) in [5.41, 5.74) is 5.42. The summed E-state index contributed by atoms with van der Waals surface area (Å²) in [6.07, 6.45) is 4.83. The van der Waals surface area contributed by atoms with Crippen LogP contribution in [0.15, 0.2) is 21.7 Å². The lowest BCUT2D eigenvalue weighted by atomic mass is 10.2. The van der Waals surface area contributed by atoms with Crippen LogP contribution >= 0.6 is 15.9 Å². The van der Waals surface area contributed by atoms with Crippen LogP contribution in [0.3, 0.4) is 0 Å². The van der Waals surface area contributed by atoms with Crippen LogP contribution in [0.2, 0.25) is 0 Å². The van der Waals surface area contributed by atoms with Gasteiger partial charge in [-0.15, -0.1) is 0 Å². The molecule has 0 unspecified atom stereocenters. The fourth-order valence-electron chi connectivity index (χ4n) is 1.64. The van der Waals surface area contributed by atoms with Crippen molar-refractivity contribution in [2.24, 2.45) is 0 Å². The van der Waals surface area contributed by atoms with Crippen LogP contribution in [-0.4, -0.2) is 16.5 Å². The number of halogens is 1. The Labute approximate surface area is 114 Å². The summed E-state index contributed by atoms with van der Waals surface area (Å²) in [6.45, 7) is 4.21. The van der Waals surface area contributed by atoms with Gasteiger partial charge in [-0.1, -0.05) is 13.8 Å². The number of carbonyl (C=O) groups excluding carboxylic acids is 1. The van der Waals surface area contributed by atoms with E-state index in [9.17, 15) is 9.59 Å². The van der Waals surface area contributed by atoms with Crippen molar-refractivity contribution < 1.29 is 4.79 Å². The van der Waals surface area contributed by atoms with Gasteiger partial charge >= 0.3 is 0 Å². The predicted octanol–water partition coefficient (Wildman–Crippen LogP) is 1.50. The van der Waals surface area contributed by atoms with Crippen molar-refractivity contribution in [1.29, 1.82) is 0 Å². The molecular formula is C12H18BrN3O2. The van der Waals surface area contributed by atoms with Gasteiger partial charge in [0.25, 0.3) is 0 Å². The second-order valence-electron chi connectivity index (χ2n) is 4.14. The molecule has 1 aromatic rings. The van der Waals surface area contributed by atoms with Crippen molar-refractivity contribution in [3.63, 3.8) is 0 Å². The zero-order valence-electron chi connectivity index (χ0n) is 10.6. The molecule has 0 aliphatic rings. The molecule has 1 heterocycles. The largest absolute Gasteiger partial charge is 0.394 e. The lowest BCUT2D eigenvalue weighted by Crippen LogP contribution is -2.36. The monoisotopic (exact) mass is 315 g/mol. The van der Waals surface area contributed by atoms with Crippen LogP contribution in [0, 0.1) is 0 Å². The second kappa shape index (κ2) is 6.58. The normalized spacial score (nSPS) is 10.7. The Hall–Kier alpha value is -1.30. The van der Waals surface area contributed by atoms with Crippen molar-refractivity contribution in [2.45, 2.75) is 39.3 Å². The minimum absolute atomic E-state index is 0.0846. The Morgan fingerprint density at radius 2 is 2.06 bits per heavy atom. The van der Waals surface area contributed by atoms with E-state index in [0.717, 1.165) is 12.8 Å². The average molecular weight is 316 g/mol. The summed E-state index contributed by atoms with van der Waals surface area (Å²) in [4.78, 5) is 23.2. The van der Waals surface area contributed by atoms with E-state index in [2.05, 4.69) is 21.2 Å². The number of aromatic nitrogens is 1. The van der Waals surface area contributed by atoms with Gasteiger partial charge in [-0.2, -0.15) is 0 Å². The molecule has 0 aliphatic heterocycles. The van der Waals surface area contributed by atoms with Gasteiger partial charge in [0, 0.05) is 18.4 Å². The predicted molar refractivity (Wildman–Crippen MR) is 75.3 cm³/mol. The summed E-state index contributed by atoms with van der Waals surface area (Å²) in [7, 11) is 0. The first kappa shape index (κ1) is 14.8. The number of carbonyl (C=O) groups is 1. The molecule has 100 valence electrons. The standard InChI is InChI=1S/C12H18BrN3O2/c1-3-8(4-2)15-11(17)7-16-5-9(13)12(18)10(14)6-16/h5-6,8H,3-4,7,14H2,1-2H3,(H,15,17). The quantitative estimate of drug-likeness (QED) is 0.864. The van der Waals surface area contributed by atoms with E-state index >= 15 is 0 Å². The van der Waals surface area contributed by atoms with Crippen molar-refractivity contribution in [2.75, 3.05) is 5.73 Å². The van der Waals surface area contributed by atoms with Crippen molar-refractivity contribution in [3.8, 4) is 0 Å². The minimum atomic E-state index is -0.258. The zero-order valence-corrected chi connectivity index (χ0v) is 12.2. The van der Waals surface area contributed by atoms with E-state index in [1.165, 1.54) is 6.20 Å². The molecule has 0 radical (unpaired) electrons. The van der Waals surface area contributed by atoms with Crippen molar-refractivity contribution in [3.05, 3.63) is 27.1 Å². The molecule has 3 N–H and O–H groups in total. The fraction of sp³-hybridized carbons (Fsp3) is 0.500. The lowest BCUT2D eigenvalue weighted by molar-refractivity contribution is -0.122. The maximum atomic E-state index is 11.8. The highest BCUT2D eigenvalue weighted by Crippen LogP contribution is 2.06. The number of anilines is 1. The van der Waals surface area contributed by atoms with Crippen LogP contribution in [0.5, 0.6) is 0 Å². The first-order valence-corrected chi connectivity index (χ1v) is 6.71. The number of rotatable bonds is 5. The molecule has 6 heteroatoms. The van der Waals surface area contributed by atoms with E-state index in [4.69, 9.17) is 5.73 Å². The van der Waals surface area contributed by atoms with Crippen molar-refractivity contribution >= 4 is 27.5 Å². The molecule has 0 saturated heterocycles. The van der Waals surface area contributed by atoms with Crippen LogP contribution in [0.25, 0.3) is 0 Å². The summed E-state index contributed by atoms with van der Waals surface area (Å²) >= 11 is 3.12.